The lowest BCUT2D eigenvalue weighted by molar-refractivity contribution is -0.132. The van der Waals surface area contributed by atoms with Crippen molar-refractivity contribution in [3.63, 3.8) is 0 Å². The molecule has 1 saturated heterocycles. The number of nitrogens with zero attached hydrogens (tertiary/aromatic N) is 1. The molecule has 0 aliphatic carbocycles. The average Bonchev–Trinajstić information content (AvgIpc) is 2.42. The molecular weight excluding hydrogens is 262 g/mol. The van der Waals surface area contributed by atoms with E-state index in [0.29, 0.717) is 24.6 Å². The lowest BCUT2D eigenvalue weighted by Gasteiger charge is -2.31. The number of hydrogen-bond acceptors (Lipinski definition) is 2. The molecule has 5 heteroatoms. The molecule has 0 spiro atoms. The molecule has 1 heterocycles. The molecule has 1 aromatic rings. The highest BCUT2D eigenvalue weighted by Gasteiger charge is 2.20. The summed E-state index contributed by atoms with van der Waals surface area (Å²) in [4.78, 5) is 13.9. The van der Waals surface area contributed by atoms with Crippen molar-refractivity contribution < 1.29 is 13.6 Å². The molecule has 0 saturated carbocycles. The van der Waals surface area contributed by atoms with Crippen LogP contribution in [0.5, 0.6) is 0 Å². The Bertz CT molecular complexity index is 479. The van der Waals surface area contributed by atoms with Crippen LogP contribution < -0.4 is 5.32 Å². The van der Waals surface area contributed by atoms with Crippen molar-refractivity contribution in [2.24, 2.45) is 5.92 Å². The Morgan fingerprint density at radius 1 is 1.40 bits per heavy atom. The van der Waals surface area contributed by atoms with Gasteiger partial charge in [-0.25, -0.2) is 8.78 Å². The quantitative estimate of drug-likeness (QED) is 0.920. The number of likely N-dealkylation sites (tertiary alicyclic amines) is 1. The summed E-state index contributed by atoms with van der Waals surface area (Å²) >= 11 is 0. The van der Waals surface area contributed by atoms with E-state index in [1.165, 1.54) is 12.5 Å². The maximum Gasteiger partial charge on any atom is 0.224 e. The molecule has 1 aromatic carbocycles. The first-order valence-corrected chi connectivity index (χ1v) is 7.03. The van der Waals surface area contributed by atoms with E-state index in [9.17, 15) is 13.6 Å². The van der Waals surface area contributed by atoms with E-state index in [1.54, 1.807) is 0 Å². The summed E-state index contributed by atoms with van der Waals surface area (Å²) < 4.78 is 25.8. The second kappa shape index (κ2) is 6.68. The largest absolute Gasteiger partial charge is 0.384 e. The van der Waals surface area contributed by atoms with Crippen LogP contribution in [0.25, 0.3) is 0 Å². The Hall–Kier alpha value is -1.65. The number of benzene rings is 1. The third-order valence-electron chi connectivity index (χ3n) is 3.60. The fourth-order valence-electron chi connectivity index (χ4n) is 2.49. The van der Waals surface area contributed by atoms with Crippen LogP contribution in [0.1, 0.15) is 26.2 Å². The second-order valence-corrected chi connectivity index (χ2v) is 5.39. The maximum atomic E-state index is 13.0. The smallest absolute Gasteiger partial charge is 0.224 e. The number of carbonyl (C=O) groups is 1. The zero-order valence-corrected chi connectivity index (χ0v) is 11.7. The molecule has 1 N–H and O–H groups in total. The van der Waals surface area contributed by atoms with Crippen molar-refractivity contribution in [3.8, 4) is 0 Å². The van der Waals surface area contributed by atoms with Gasteiger partial charge in [0.25, 0.3) is 0 Å². The highest BCUT2D eigenvalue weighted by molar-refractivity contribution is 5.76. The van der Waals surface area contributed by atoms with E-state index >= 15 is 0 Å². The van der Waals surface area contributed by atoms with E-state index < -0.39 is 11.6 Å². The summed E-state index contributed by atoms with van der Waals surface area (Å²) in [5, 5.41) is 2.94. The van der Waals surface area contributed by atoms with Gasteiger partial charge in [0.05, 0.1) is 0 Å². The van der Waals surface area contributed by atoms with Gasteiger partial charge in [0, 0.05) is 31.7 Å². The third kappa shape index (κ3) is 3.92. The van der Waals surface area contributed by atoms with Gasteiger partial charge in [0.2, 0.25) is 5.91 Å². The normalized spacial score (nSPS) is 18.9. The van der Waals surface area contributed by atoms with Gasteiger partial charge >= 0.3 is 0 Å². The topological polar surface area (TPSA) is 32.3 Å². The number of piperidine rings is 1. The van der Waals surface area contributed by atoms with Crippen LogP contribution in [0.15, 0.2) is 18.2 Å². The van der Waals surface area contributed by atoms with Gasteiger partial charge in [0.15, 0.2) is 11.6 Å². The zero-order chi connectivity index (χ0) is 14.5. The molecule has 1 aliphatic heterocycles. The molecule has 0 aromatic heterocycles. The molecule has 1 atom stereocenters. The third-order valence-corrected chi connectivity index (χ3v) is 3.60. The number of carbonyl (C=O) groups excluding carboxylic acids is 1. The van der Waals surface area contributed by atoms with Gasteiger partial charge in [-0.2, -0.15) is 0 Å². The van der Waals surface area contributed by atoms with E-state index in [4.69, 9.17) is 0 Å². The summed E-state index contributed by atoms with van der Waals surface area (Å²) in [5.41, 5.74) is 0.490. The van der Waals surface area contributed by atoms with Crippen LogP contribution in [-0.2, 0) is 4.79 Å². The van der Waals surface area contributed by atoms with Gasteiger partial charge in [0.1, 0.15) is 0 Å². The Balaban J connectivity index is 1.77. The maximum absolute atomic E-state index is 13.0. The Kier molecular flexibility index (Phi) is 4.93. The van der Waals surface area contributed by atoms with Crippen LogP contribution in [0.3, 0.4) is 0 Å². The van der Waals surface area contributed by atoms with Gasteiger partial charge in [-0.15, -0.1) is 0 Å². The van der Waals surface area contributed by atoms with Crippen molar-refractivity contribution in [2.75, 3.05) is 25.0 Å². The van der Waals surface area contributed by atoms with E-state index in [0.717, 1.165) is 31.6 Å². The van der Waals surface area contributed by atoms with E-state index in [1.807, 2.05) is 4.90 Å². The van der Waals surface area contributed by atoms with Crippen LogP contribution in [0.2, 0.25) is 0 Å². The first kappa shape index (κ1) is 14.8. The number of amides is 1. The molecule has 1 amide bonds. The minimum absolute atomic E-state index is 0.117. The molecule has 0 bridgehead atoms. The second-order valence-electron chi connectivity index (χ2n) is 5.39. The minimum Gasteiger partial charge on any atom is -0.384 e. The number of nitrogens with one attached hydrogen (secondary N) is 1. The van der Waals surface area contributed by atoms with Crippen LogP contribution in [0, 0.1) is 17.6 Å². The summed E-state index contributed by atoms with van der Waals surface area (Å²) in [6.45, 7) is 4.23. The number of halogens is 2. The van der Waals surface area contributed by atoms with E-state index in [-0.39, 0.29) is 5.91 Å². The Morgan fingerprint density at radius 2 is 2.20 bits per heavy atom. The van der Waals surface area contributed by atoms with Crippen molar-refractivity contribution in [1.82, 2.24) is 4.90 Å². The highest BCUT2D eigenvalue weighted by atomic mass is 19.2. The van der Waals surface area contributed by atoms with Gasteiger partial charge in [-0.1, -0.05) is 6.92 Å². The van der Waals surface area contributed by atoms with Crippen molar-refractivity contribution in [3.05, 3.63) is 29.8 Å². The monoisotopic (exact) mass is 282 g/mol. The summed E-state index contributed by atoms with van der Waals surface area (Å²) in [6.07, 6.45) is 2.60. The number of hydrogen-bond donors (Lipinski definition) is 1. The summed E-state index contributed by atoms with van der Waals surface area (Å²) in [5.74, 6) is -1.07. The van der Waals surface area contributed by atoms with Gasteiger partial charge in [-0.05, 0) is 37.0 Å². The zero-order valence-electron chi connectivity index (χ0n) is 11.7. The molecule has 2 rings (SSSR count). The molecule has 1 fully saturated rings. The predicted octanol–water partition coefficient (Wildman–Crippen LogP) is 3.03. The minimum atomic E-state index is -0.883. The van der Waals surface area contributed by atoms with Crippen LogP contribution in [-0.4, -0.2) is 30.4 Å². The fourth-order valence-corrected chi connectivity index (χ4v) is 2.49. The van der Waals surface area contributed by atoms with E-state index in [2.05, 4.69) is 12.2 Å². The summed E-state index contributed by atoms with van der Waals surface area (Å²) in [6, 6.07) is 3.64. The Labute approximate surface area is 118 Å². The standard InChI is InChI=1S/C15H20F2N2O/c1-11-3-2-8-19(10-11)15(20)6-7-18-12-4-5-13(16)14(17)9-12/h4-5,9,11,18H,2-3,6-8,10H2,1H3. The predicted molar refractivity (Wildman–Crippen MR) is 74.4 cm³/mol. The fraction of sp³-hybridized carbons (Fsp3) is 0.533. The number of rotatable bonds is 4. The first-order chi connectivity index (χ1) is 9.56. The van der Waals surface area contributed by atoms with Crippen molar-refractivity contribution in [1.29, 1.82) is 0 Å². The molecule has 20 heavy (non-hydrogen) atoms. The van der Waals surface area contributed by atoms with Crippen molar-refractivity contribution in [2.45, 2.75) is 26.2 Å². The molecular formula is C15H20F2N2O. The highest BCUT2D eigenvalue weighted by Crippen LogP contribution is 2.16. The van der Waals surface area contributed by atoms with Crippen molar-refractivity contribution >= 4 is 11.6 Å². The molecule has 1 aliphatic rings. The van der Waals surface area contributed by atoms with Gasteiger partial charge < -0.3 is 10.2 Å². The first-order valence-electron chi connectivity index (χ1n) is 7.03. The summed E-state index contributed by atoms with van der Waals surface area (Å²) in [7, 11) is 0. The molecule has 110 valence electrons. The lowest BCUT2D eigenvalue weighted by atomic mass is 10.00. The lowest BCUT2D eigenvalue weighted by Crippen LogP contribution is -2.39. The average molecular weight is 282 g/mol. The van der Waals surface area contributed by atoms with Crippen LogP contribution >= 0.6 is 0 Å². The van der Waals surface area contributed by atoms with Gasteiger partial charge in [-0.3, -0.25) is 4.79 Å². The molecule has 3 nitrogen and oxygen atoms in total. The molecule has 1 unspecified atom stereocenters. The van der Waals surface area contributed by atoms with Crippen LogP contribution in [0.4, 0.5) is 14.5 Å². The molecule has 0 radical (unpaired) electrons. The number of anilines is 1. The Morgan fingerprint density at radius 3 is 2.90 bits per heavy atom. The SMILES string of the molecule is CC1CCCN(C(=O)CCNc2ccc(F)c(F)c2)C1.